The van der Waals surface area contributed by atoms with Gasteiger partial charge in [0.1, 0.15) is 0 Å². The first kappa shape index (κ1) is 21.3. The molecular formula is C25H27ClN4O. The lowest BCUT2D eigenvalue weighted by molar-refractivity contribution is 0.0746. The number of carbonyl (C=O) groups excluding carboxylic acids is 1. The topological polar surface area (TPSA) is 49.3 Å². The van der Waals surface area contributed by atoms with E-state index in [0.29, 0.717) is 18.1 Å². The van der Waals surface area contributed by atoms with Crippen molar-refractivity contribution in [3.63, 3.8) is 0 Å². The van der Waals surface area contributed by atoms with Gasteiger partial charge in [0.25, 0.3) is 5.91 Å². The fraction of sp³-hybridized carbons (Fsp3) is 0.320. The fourth-order valence-corrected chi connectivity index (χ4v) is 3.83. The Morgan fingerprint density at radius 2 is 1.48 bits per heavy atom. The smallest absolute Gasteiger partial charge is 0.253 e. The Hall–Kier alpha value is -2.92. The fourth-order valence-electron chi connectivity index (χ4n) is 3.70. The van der Waals surface area contributed by atoms with Gasteiger partial charge in [-0.25, -0.2) is 0 Å². The van der Waals surface area contributed by atoms with Gasteiger partial charge in [-0.2, -0.15) is 0 Å². The van der Waals surface area contributed by atoms with E-state index in [1.807, 2.05) is 53.4 Å². The molecule has 0 atom stereocenters. The molecule has 1 aromatic heterocycles. The molecule has 31 heavy (non-hydrogen) atoms. The third-order valence-electron chi connectivity index (χ3n) is 5.68. The molecule has 0 spiro atoms. The van der Waals surface area contributed by atoms with Crippen LogP contribution in [0.3, 0.4) is 0 Å². The Kier molecular flexibility index (Phi) is 5.96. The molecule has 1 aliphatic rings. The summed E-state index contributed by atoms with van der Waals surface area (Å²) in [6.07, 6.45) is 0. The van der Waals surface area contributed by atoms with Crippen LogP contribution in [0.15, 0.2) is 60.7 Å². The Morgan fingerprint density at radius 1 is 0.839 bits per heavy atom. The zero-order valence-electron chi connectivity index (χ0n) is 18.2. The van der Waals surface area contributed by atoms with Crippen LogP contribution < -0.4 is 4.90 Å². The molecular weight excluding hydrogens is 408 g/mol. The van der Waals surface area contributed by atoms with Crippen LogP contribution in [0.4, 0.5) is 5.82 Å². The molecule has 2 aromatic carbocycles. The molecule has 3 aromatic rings. The number of halogens is 1. The number of hydrogen-bond acceptors (Lipinski definition) is 4. The third-order valence-corrected chi connectivity index (χ3v) is 5.93. The van der Waals surface area contributed by atoms with Crippen molar-refractivity contribution < 1.29 is 4.79 Å². The minimum absolute atomic E-state index is 0.0807. The van der Waals surface area contributed by atoms with E-state index in [9.17, 15) is 4.79 Å². The molecule has 1 saturated heterocycles. The van der Waals surface area contributed by atoms with Crippen molar-refractivity contribution in [2.45, 2.75) is 26.2 Å². The highest BCUT2D eigenvalue weighted by Gasteiger charge is 2.23. The third kappa shape index (κ3) is 4.88. The summed E-state index contributed by atoms with van der Waals surface area (Å²) in [7, 11) is 0. The van der Waals surface area contributed by atoms with Gasteiger partial charge < -0.3 is 9.80 Å². The van der Waals surface area contributed by atoms with E-state index in [1.54, 1.807) is 0 Å². The van der Waals surface area contributed by atoms with Gasteiger partial charge in [0.2, 0.25) is 0 Å². The van der Waals surface area contributed by atoms with E-state index < -0.39 is 0 Å². The molecule has 0 radical (unpaired) electrons. The highest BCUT2D eigenvalue weighted by atomic mass is 35.5. The maximum Gasteiger partial charge on any atom is 0.253 e. The summed E-state index contributed by atoms with van der Waals surface area (Å²) >= 11 is 5.95. The molecule has 5 nitrogen and oxygen atoms in total. The predicted molar refractivity (Wildman–Crippen MR) is 126 cm³/mol. The summed E-state index contributed by atoms with van der Waals surface area (Å²) < 4.78 is 0. The van der Waals surface area contributed by atoms with E-state index in [2.05, 4.69) is 48.0 Å². The normalized spacial score (nSPS) is 14.6. The minimum Gasteiger partial charge on any atom is -0.352 e. The number of carbonyl (C=O) groups is 1. The number of hydrogen-bond donors (Lipinski definition) is 0. The number of piperazine rings is 1. The van der Waals surface area contributed by atoms with Gasteiger partial charge in [-0.05, 0) is 47.4 Å². The average molecular weight is 435 g/mol. The molecule has 160 valence electrons. The van der Waals surface area contributed by atoms with E-state index in [1.165, 1.54) is 5.56 Å². The van der Waals surface area contributed by atoms with E-state index in [-0.39, 0.29) is 11.3 Å². The maximum absolute atomic E-state index is 12.9. The van der Waals surface area contributed by atoms with Gasteiger partial charge in [-0.3, -0.25) is 4.79 Å². The first-order valence-electron chi connectivity index (χ1n) is 10.6. The standard InChI is InChI=1S/C25H27ClN4O/c1-25(2,3)20-8-4-19(5-9-20)24(31)30-16-14-29(15-17-30)23-13-12-22(27-28-23)18-6-10-21(26)11-7-18/h4-13H,14-17H2,1-3H3. The second kappa shape index (κ2) is 8.67. The first-order chi connectivity index (χ1) is 14.8. The Labute approximate surface area is 188 Å². The highest BCUT2D eigenvalue weighted by molar-refractivity contribution is 6.30. The molecule has 1 amide bonds. The van der Waals surface area contributed by atoms with Crippen LogP contribution >= 0.6 is 11.6 Å². The van der Waals surface area contributed by atoms with Crippen molar-refractivity contribution in [1.82, 2.24) is 15.1 Å². The second-order valence-electron chi connectivity index (χ2n) is 8.89. The van der Waals surface area contributed by atoms with Crippen LogP contribution in [0.1, 0.15) is 36.7 Å². The van der Waals surface area contributed by atoms with Crippen molar-refractivity contribution in [2.75, 3.05) is 31.1 Å². The van der Waals surface area contributed by atoms with Crippen molar-refractivity contribution in [3.8, 4) is 11.3 Å². The van der Waals surface area contributed by atoms with Crippen LogP contribution in [-0.4, -0.2) is 47.2 Å². The van der Waals surface area contributed by atoms with Crippen LogP contribution in [0.5, 0.6) is 0 Å². The molecule has 2 heterocycles. The summed E-state index contributed by atoms with van der Waals surface area (Å²) in [6.45, 7) is 9.33. The van der Waals surface area contributed by atoms with Crippen LogP contribution in [-0.2, 0) is 5.41 Å². The SMILES string of the molecule is CC(C)(C)c1ccc(C(=O)N2CCN(c3ccc(-c4ccc(Cl)cc4)nn3)CC2)cc1. The van der Waals surface area contributed by atoms with E-state index in [0.717, 1.165) is 35.7 Å². The lowest BCUT2D eigenvalue weighted by Gasteiger charge is -2.35. The van der Waals surface area contributed by atoms with Crippen LogP contribution in [0.25, 0.3) is 11.3 Å². The second-order valence-corrected chi connectivity index (χ2v) is 9.33. The first-order valence-corrected chi connectivity index (χ1v) is 10.9. The lowest BCUT2D eigenvalue weighted by atomic mass is 9.86. The quantitative estimate of drug-likeness (QED) is 0.578. The number of nitrogens with zero attached hydrogens (tertiary/aromatic N) is 4. The molecule has 0 saturated carbocycles. The van der Waals surface area contributed by atoms with Crippen molar-refractivity contribution in [2.24, 2.45) is 0 Å². The largest absolute Gasteiger partial charge is 0.352 e. The summed E-state index contributed by atoms with van der Waals surface area (Å²) in [4.78, 5) is 17.0. The number of rotatable bonds is 3. The Balaban J connectivity index is 1.37. The molecule has 0 aliphatic carbocycles. The number of aromatic nitrogens is 2. The summed E-state index contributed by atoms with van der Waals surface area (Å²) in [5.41, 5.74) is 3.85. The number of amides is 1. The van der Waals surface area contributed by atoms with Crippen molar-refractivity contribution >= 4 is 23.3 Å². The van der Waals surface area contributed by atoms with Gasteiger partial charge in [-0.15, -0.1) is 10.2 Å². The van der Waals surface area contributed by atoms with Gasteiger partial charge in [0.15, 0.2) is 5.82 Å². The zero-order valence-corrected chi connectivity index (χ0v) is 18.9. The van der Waals surface area contributed by atoms with Crippen molar-refractivity contribution in [3.05, 3.63) is 76.8 Å². The summed E-state index contributed by atoms with van der Waals surface area (Å²) in [5, 5.41) is 9.47. The molecule has 0 unspecified atom stereocenters. The Bertz CT molecular complexity index is 1030. The molecule has 1 fully saturated rings. The lowest BCUT2D eigenvalue weighted by Crippen LogP contribution is -2.49. The van der Waals surface area contributed by atoms with Gasteiger partial charge >= 0.3 is 0 Å². The Morgan fingerprint density at radius 3 is 2.03 bits per heavy atom. The predicted octanol–water partition coefficient (Wildman–Crippen LogP) is 5.06. The zero-order chi connectivity index (χ0) is 22.0. The monoisotopic (exact) mass is 434 g/mol. The highest BCUT2D eigenvalue weighted by Crippen LogP contribution is 2.24. The number of anilines is 1. The van der Waals surface area contributed by atoms with E-state index in [4.69, 9.17) is 11.6 Å². The summed E-state index contributed by atoms with van der Waals surface area (Å²) in [6, 6.07) is 19.5. The average Bonchev–Trinajstić information content (AvgIpc) is 2.79. The molecule has 0 bridgehead atoms. The van der Waals surface area contributed by atoms with E-state index >= 15 is 0 Å². The van der Waals surface area contributed by atoms with Gasteiger partial charge in [-0.1, -0.05) is 56.6 Å². The van der Waals surface area contributed by atoms with Gasteiger partial charge in [0, 0.05) is 42.3 Å². The maximum atomic E-state index is 12.9. The molecule has 6 heteroatoms. The van der Waals surface area contributed by atoms with Crippen LogP contribution in [0, 0.1) is 0 Å². The molecule has 1 aliphatic heterocycles. The number of benzene rings is 2. The van der Waals surface area contributed by atoms with Crippen LogP contribution in [0.2, 0.25) is 5.02 Å². The van der Waals surface area contributed by atoms with Crippen molar-refractivity contribution in [1.29, 1.82) is 0 Å². The minimum atomic E-state index is 0.0807. The van der Waals surface area contributed by atoms with Gasteiger partial charge in [0.05, 0.1) is 5.69 Å². The molecule has 0 N–H and O–H groups in total. The summed E-state index contributed by atoms with van der Waals surface area (Å²) in [5.74, 6) is 0.920. The molecule has 4 rings (SSSR count).